The lowest BCUT2D eigenvalue weighted by Gasteiger charge is -2.25. The van der Waals surface area contributed by atoms with E-state index in [4.69, 9.17) is 4.74 Å². The summed E-state index contributed by atoms with van der Waals surface area (Å²) in [6.07, 6.45) is 3.81. The molecule has 0 saturated carbocycles. The van der Waals surface area contributed by atoms with Gasteiger partial charge in [-0.3, -0.25) is 0 Å². The first-order valence-corrected chi connectivity index (χ1v) is 6.17. The molecule has 16 heavy (non-hydrogen) atoms. The highest BCUT2D eigenvalue weighted by atomic mass is 79.9. The number of piperidine rings is 1. The Balaban J connectivity index is 0.00000128. The molecule has 2 rings (SSSR count). The standard InChI is InChI=1S/C12H16BrNO.ClH/c1-15-9-5-6-11(13)10(8-9)12-4-2-3-7-14-12;/h5-6,8,12,14H,2-4,7H2,1H3;1H/t12-;/m1./s1. The van der Waals surface area contributed by atoms with Gasteiger partial charge in [0.05, 0.1) is 7.11 Å². The summed E-state index contributed by atoms with van der Waals surface area (Å²) in [5.74, 6) is 0.931. The van der Waals surface area contributed by atoms with Crippen LogP contribution in [-0.4, -0.2) is 13.7 Å². The van der Waals surface area contributed by atoms with Crippen molar-refractivity contribution in [1.82, 2.24) is 5.32 Å². The summed E-state index contributed by atoms with van der Waals surface area (Å²) in [7, 11) is 1.71. The van der Waals surface area contributed by atoms with Crippen molar-refractivity contribution in [2.75, 3.05) is 13.7 Å². The molecular weight excluding hydrogens is 289 g/mol. The number of hydrogen-bond donors (Lipinski definition) is 1. The van der Waals surface area contributed by atoms with Crippen LogP contribution in [0.15, 0.2) is 22.7 Å². The number of methoxy groups -OCH3 is 1. The highest BCUT2D eigenvalue weighted by molar-refractivity contribution is 9.10. The van der Waals surface area contributed by atoms with E-state index >= 15 is 0 Å². The zero-order chi connectivity index (χ0) is 10.7. The molecule has 0 amide bonds. The third-order valence-electron chi connectivity index (χ3n) is 2.89. The number of hydrogen-bond acceptors (Lipinski definition) is 2. The highest BCUT2D eigenvalue weighted by Gasteiger charge is 2.17. The Morgan fingerprint density at radius 2 is 2.19 bits per heavy atom. The first-order valence-electron chi connectivity index (χ1n) is 5.38. The van der Waals surface area contributed by atoms with Gasteiger partial charge in [-0.25, -0.2) is 0 Å². The van der Waals surface area contributed by atoms with Crippen LogP contribution in [0.3, 0.4) is 0 Å². The zero-order valence-corrected chi connectivity index (χ0v) is 11.7. The van der Waals surface area contributed by atoms with E-state index in [0.717, 1.165) is 12.3 Å². The van der Waals surface area contributed by atoms with Crippen LogP contribution < -0.4 is 10.1 Å². The Bertz CT molecular complexity index is 340. The van der Waals surface area contributed by atoms with Crippen LogP contribution in [0.4, 0.5) is 0 Å². The Labute approximate surface area is 111 Å². The van der Waals surface area contributed by atoms with E-state index in [1.165, 1.54) is 29.3 Å². The van der Waals surface area contributed by atoms with Crippen molar-refractivity contribution in [1.29, 1.82) is 0 Å². The summed E-state index contributed by atoms with van der Waals surface area (Å²) < 4.78 is 6.42. The summed E-state index contributed by atoms with van der Waals surface area (Å²) in [6, 6.07) is 6.64. The maximum absolute atomic E-state index is 5.25. The van der Waals surface area contributed by atoms with Crippen LogP contribution in [0, 0.1) is 0 Å². The molecule has 1 heterocycles. The molecule has 4 heteroatoms. The molecule has 1 fully saturated rings. The number of rotatable bonds is 2. The first-order chi connectivity index (χ1) is 7.31. The minimum Gasteiger partial charge on any atom is -0.497 e. The van der Waals surface area contributed by atoms with Crippen molar-refractivity contribution in [3.05, 3.63) is 28.2 Å². The Kier molecular flexibility index (Phi) is 5.59. The van der Waals surface area contributed by atoms with Crippen LogP contribution in [0.5, 0.6) is 5.75 Å². The van der Waals surface area contributed by atoms with Crippen molar-refractivity contribution < 1.29 is 4.74 Å². The van der Waals surface area contributed by atoms with Crippen LogP contribution in [0.2, 0.25) is 0 Å². The summed E-state index contributed by atoms with van der Waals surface area (Å²) in [5, 5.41) is 3.54. The molecule has 1 aromatic rings. The molecule has 1 N–H and O–H groups in total. The Morgan fingerprint density at radius 3 is 2.81 bits per heavy atom. The second kappa shape index (κ2) is 6.48. The topological polar surface area (TPSA) is 21.3 Å². The number of ether oxygens (including phenoxy) is 1. The molecule has 0 aliphatic carbocycles. The van der Waals surface area contributed by atoms with Gasteiger partial charge in [0.1, 0.15) is 5.75 Å². The Hall–Kier alpha value is -0.250. The molecule has 0 bridgehead atoms. The molecule has 1 aromatic carbocycles. The van der Waals surface area contributed by atoms with Crippen molar-refractivity contribution >= 4 is 28.3 Å². The van der Waals surface area contributed by atoms with Gasteiger partial charge in [0.2, 0.25) is 0 Å². The fourth-order valence-corrected chi connectivity index (χ4v) is 2.56. The number of nitrogens with one attached hydrogen (secondary N) is 1. The van der Waals surface area contributed by atoms with Gasteiger partial charge in [0.25, 0.3) is 0 Å². The second-order valence-electron chi connectivity index (χ2n) is 3.89. The van der Waals surface area contributed by atoms with E-state index in [1.807, 2.05) is 6.07 Å². The molecule has 0 spiro atoms. The van der Waals surface area contributed by atoms with E-state index < -0.39 is 0 Å². The smallest absolute Gasteiger partial charge is 0.119 e. The van der Waals surface area contributed by atoms with Crippen molar-refractivity contribution in [2.24, 2.45) is 0 Å². The highest BCUT2D eigenvalue weighted by Crippen LogP contribution is 2.31. The minimum absolute atomic E-state index is 0. The van der Waals surface area contributed by atoms with Crippen LogP contribution in [0.25, 0.3) is 0 Å². The normalized spacial score (nSPS) is 20.0. The third-order valence-corrected chi connectivity index (χ3v) is 3.61. The van der Waals surface area contributed by atoms with E-state index in [2.05, 4.69) is 33.4 Å². The van der Waals surface area contributed by atoms with Gasteiger partial charge in [-0.1, -0.05) is 22.4 Å². The fourth-order valence-electron chi connectivity index (χ4n) is 2.03. The maximum Gasteiger partial charge on any atom is 0.119 e. The predicted molar refractivity (Wildman–Crippen MR) is 72.5 cm³/mol. The summed E-state index contributed by atoms with van der Waals surface area (Å²) >= 11 is 3.60. The van der Waals surface area contributed by atoms with Gasteiger partial charge in [-0.05, 0) is 43.1 Å². The number of benzene rings is 1. The van der Waals surface area contributed by atoms with E-state index in [-0.39, 0.29) is 12.4 Å². The third kappa shape index (κ3) is 3.12. The molecule has 0 radical (unpaired) electrons. The van der Waals surface area contributed by atoms with Crippen LogP contribution in [0.1, 0.15) is 30.9 Å². The molecule has 1 saturated heterocycles. The van der Waals surface area contributed by atoms with Gasteiger partial charge < -0.3 is 10.1 Å². The quantitative estimate of drug-likeness (QED) is 0.899. The van der Waals surface area contributed by atoms with Gasteiger partial charge in [0.15, 0.2) is 0 Å². The molecule has 1 atom stereocenters. The predicted octanol–water partition coefficient (Wildman–Crippen LogP) is 3.69. The monoisotopic (exact) mass is 305 g/mol. The van der Waals surface area contributed by atoms with Crippen molar-refractivity contribution in [3.63, 3.8) is 0 Å². The average molecular weight is 307 g/mol. The minimum atomic E-state index is 0. The van der Waals surface area contributed by atoms with Crippen LogP contribution >= 0.6 is 28.3 Å². The van der Waals surface area contributed by atoms with Gasteiger partial charge in [0, 0.05) is 10.5 Å². The van der Waals surface area contributed by atoms with Gasteiger partial charge in [-0.15, -0.1) is 12.4 Å². The van der Waals surface area contributed by atoms with E-state index in [0.29, 0.717) is 6.04 Å². The second-order valence-corrected chi connectivity index (χ2v) is 4.74. The molecule has 0 aromatic heterocycles. The summed E-state index contributed by atoms with van der Waals surface area (Å²) in [4.78, 5) is 0. The Morgan fingerprint density at radius 1 is 1.38 bits per heavy atom. The first kappa shape index (κ1) is 13.8. The van der Waals surface area contributed by atoms with Crippen molar-refractivity contribution in [2.45, 2.75) is 25.3 Å². The van der Waals surface area contributed by atoms with E-state index in [9.17, 15) is 0 Å². The molecule has 90 valence electrons. The maximum atomic E-state index is 5.25. The molecule has 2 nitrogen and oxygen atoms in total. The summed E-state index contributed by atoms with van der Waals surface area (Å²) in [5.41, 5.74) is 1.31. The van der Waals surface area contributed by atoms with Gasteiger partial charge >= 0.3 is 0 Å². The zero-order valence-electron chi connectivity index (χ0n) is 9.33. The molecule has 0 unspecified atom stereocenters. The SMILES string of the molecule is COc1ccc(Br)c([C@H]2CCCCN2)c1.Cl. The lowest BCUT2D eigenvalue weighted by atomic mass is 9.97. The fraction of sp³-hybridized carbons (Fsp3) is 0.500. The summed E-state index contributed by atoms with van der Waals surface area (Å²) in [6.45, 7) is 1.12. The van der Waals surface area contributed by atoms with Crippen LogP contribution in [-0.2, 0) is 0 Å². The lowest BCUT2D eigenvalue weighted by molar-refractivity contribution is 0.399. The van der Waals surface area contributed by atoms with Gasteiger partial charge in [-0.2, -0.15) is 0 Å². The average Bonchev–Trinajstić information content (AvgIpc) is 2.31. The largest absolute Gasteiger partial charge is 0.497 e. The lowest BCUT2D eigenvalue weighted by Crippen LogP contribution is -2.27. The number of halogens is 2. The molecule has 1 aliphatic rings. The van der Waals surface area contributed by atoms with E-state index in [1.54, 1.807) is 7.11 Å². The van der Waals surface area contributed by atoms with Crippen molar-refractivity contribution in [3.8, 4) is 5.75 Å². The molecular formula is C12H17BrClNO. The molecule has 1 aliphatic heterocycles.